The average Bonchev–Trinajstić information content (AvgIpc) is 2.88. The van der Waals surface area contributed by atoms with Crippen molar-refractivity contribution in [1.29, 1.82) is 5.26 Å². The van der Waals surface area contributed by atoms with Crippen LogP contribution in [-0.4, -0.2) is 51.3 Å². The second kappa shape index (κ2) is 10.2. The molecule has 2 aliphatic rings. The van der Waals surface area contributed by atoms with Crippen molar-refractivity contribution < 1.29 is 23.7 Å². The second-order valence-electron chi connectivity index (χ2n) is 7.74. The molecule has 0 aromatic heterocycles. The van der Waals surface area contributed by atoms with Crippen LogP contribution in [0.25, 0.3) is 0 Å². The number of anilines is 1. The molecule has 34 heavy (non-hydrogen) atoms. The molecule has 0 spiro atoms. The summed E-state index contributed by atoms with van der Waals surface area (Å²) in [5.74, 6) is 2.55. The zero-order valence-electron chi connectivity index (χ0n) is 19.7. The van der Waals surface area contributed by atoms with Crippen LogP contribution in [0.1, 0.15) is 24.8 Å². The number of nitrogens with zero attached hydrogens (tertiary/aromatic N) is 3. The van der Waals surface area contributed by atoms with Gasteiger partial charge in [0.25, 0.3) is 0 Å². The molecule has 2 aliphatic heterocycles. The molecule has 0 unspecified atom stereocenters. The number of fused-ring (bicyclic) bond motifs is 1. The molecule has 9 heteroatoms. The Morgan fingerprint density at radius 1 is 1.06 bits per heavy atom. The standard InChI is InChI=1S/C25H27N3O5S/c1-5-33-17-8-6-16(7-9-17)27-14-28-24(29)11-18(20(13-26)25(28)34-15-27)19-10-22(31-3)23(32-4)12-21(19)30-2/h6-10,12,18H,5,11,14-15H2,1-4H3/t18-/m1/s1. The highest BCUT2D eigenvalue weighted by atomic mass is 32.2. The van der Waals surface area contributed by atoms with Gasteiger partial charge in [0, 0.05) is 29.7 Å². The minimum Gasteiger partial charge on any atom is -0.496 e. The van der Waals surface area contributed by atoms with Crippen LogP contribution in [0.4, 0.5) is 5.69 Å². The minimum absolute atomic E-state index is 0.0426. The molecule has 0 saturated carbocycles. The van der Waals surface area contributed by atoms with E-state index in [1.54, 1.807) is 38.4 Å². The molecule has 8 nitrogen and oxygen atoms in total. The smallest absolute Gasteiger partial charge is 0.229 e. The Hall–Kier alpha value is -3.51. The maximum Gasteiger partial charge on any atom is 0.229 e. The van der Waals surface area contributed by atoms with E-state index in [0.29, 0.717) is 47.0 Å². The number of thioether (sulfide) groups is 1. The monoisotopic (exact) mass is 481 g/mol. The van der Waals surface area contributed by atoms with Gasteiger partial charge >= 0.3 is 0 Å². The lowest BCUT2D eigenvalue weighted by Crippen LogP contribution is -2.47. The van der Waals surface area contributed by atoms with Crippen LogP contribution in [0.15, 0.2) is 47.0 Å². The second-order valence-corrected chi connectivity index (χ2v) is 8.67. The predicted octanol–water partition coefficient (Wildman–Crippen LogP) is 4.33. The summed E-state index contributed by atoms with van der Waals surface area (Å²) < 4.78 is 22.0. The van der Waals surface area contributed by atoms with Crippen molar-refractivity contribution in [1.82, 2.24) is 4.90 Å². The third kappa shape index (κ3) is 4.33. The van der Waals surface area contributed by atoms with E-state index in [2.05, 4.69) is 11.0 Å². The van der Waals surface area contributed by atoms with Crippen LogP contribution in [-0.2, 0) is 4.79 Å². The number of methoxy groups -OCH3 is 3. The lowest BCUT2D eigenvalue weighted by molar-refractivity contribution is -0.129. The van der Waals surface area contributed by atoms with E-state index in [9.17, 15) is 10.1 Å². The van der Waals surface area contributed by atoms with E-state index in [0.717, 1.165) is 17.0 Å². The molecule has 1 atom stereocenters. The third-order valence-electron chi connectivity index (χ3n) is 5.92. The molecular formula is C25H27N3O5S. The summed E-state index contributed by atoms with van der Waals surface area (Å²) in [7, 11) is 4.67. The zero-order valence-corrected chi connectivity index (χ0v) is 20.5. The van der Waals surface area contributed by atoms with E-state index < -0.39 is 5.92 Å². The highest BCUT2D eigenvalue weighted by molar-refractivity contribution is 8.03. The maximum atomic E-state index is 13.3. The van der Waals surface area contributed by atoms with Crippen molar-refractivity contribution in [3.63, 3.8) is 0 Å². The minimum atomic E-state index is -0.428. The van der Waals surface area contributed by atoms with Gasteiger partial charge < -0.3 is 23.8 Å². The van der Waals surface area contributed by atoms with E-state index >= 15 is 0 Å². The lowest BCUT2D eigenvalue weighted by Gasteiger charge is -2.42. The van der Waals surface area contributed by atoms with Crippen LogP contribution in [0, 0.1) is 11.3 Å². The maximum absolute atomic E-state index is 13.3. The van der Waals surface area contributed by atoms with Gasteiger partial charge in [-0.15, -0.1) is 0 Å². The first-order valence-corrected chi connectivity index (χ1v) is 11.9. The Balaban J connectivity index is 1.66. The fourth-order valence-electron chi connectivity index (χ4n) is 4.24. The Kier molecular flexibility index (Phi) is 7.08. The van der Waals surface area contributed by atoms with Crippen molar-refractivity contribution >= 4 is 23.4 Å². The van der Waals surface area contributed by atoms with Crippen molar-refractivity contribution in [2.24, 2.45) is 0 Å². The van der Waals surface area contributed by atoms with E-state index in [-0.39, 0.29) is 12.3 Å². The van der Waals surface area contributed by atoms with Gasteiger partial charge in [-0.2, -0.15) is 5.26 Å². The molecule has 1 amide bonds. The van der Waals surface area contributed by atoms with Gasteiger partial charge in [0.2, 0.25) is 5.91 Å². The first-order valence-electron chi connectivity index (χ1n) is 10.9. The number of hydrogen-bond donors (Lipinski definition) is 0. The molecule has 178 valence electrons. The van der Waals surface area contributed by atoms with E-state index in [1.807, 2.05) is 31.2 Å². The van der Waals surface area contributed by atoms with Crippen molar-refractivity contribution in [3.05, 3.63) is 52.6 Å². The van der Waals surface area contributed by atoms with Crippen molar-refractivity contribution in [2.75, 3.05) is 45.4 Å². The molecule has 0 bridgehead atoms. The molecular weight excluding hydrogens is 454 g/mol. The van der Waals surface area contributed by atoms with Crippen LogP contribution >= 0.6 is 11.8 Å². The van der Waals surface area contributed by atoms with Crippen LogP contribution in [0.2, 0.25) is 0 Å². The fraction of sp³-hybridized carbons (Fsp3) is 0.360. The van der Waals surface area contributed by atoms with E-state index in [4.69, 9.17) is 18.9 Å². The van der Waals surface area contributed by atoms with Gasteiger partial charge in [0.1, 0.15) is 11.5 Å². The van der Waals surface area contributed by atoms with Crippen molar-refractivity contribution in [3.8, 4) is 29.1 Å². The van der Waals surface area contributed by atoms with Gasteiger partial charge in [0.15, 0.2) is 11.5 Å². The summed E-state index contributed by atoms with van der Waals surface area (Å²) in [4.78, 5) is 17.1. The molecule has 2 aromatic rings. The van der Waals surface area contributed by atoms with Gasteiger partial charge in [0.05, 0.1) is 57.2 Å². The molecule has 2 heterocycles. The number of benzene rings is 2. The summed E-state index contributed by atoms with van der Waals surface area (Å²) in [6.07, 6.45) is 0.163. The van der Waals surface area contributed by atoms with Gasteiger partial charge in [-0.3, -0.25) is 9.69 Å². The van der Waals surface area contributed by atoms with Gasteiger partial charge in [-0.05, 0) is 37.3 Å². The number of rotatable bonds is 7. The summed E-state index contributed by atoms with van der Waals surface area (Å²) in [6.45, 7) is 2.94. The highest BCUT2D eigenvalue weighted by Gasteiger charge is 2.39. The topological polar surface area (TPSA) is 84.3 Å². The zero-order chi connectivity index (χ0) is 24.2. The molecule has 0 aliphatic carbocycles. The number of nitriles is 1. The summed E-state index contributed by atoms with van der Waals surface area (Å²) in [5, 5.41) is 10.8. The Labute approximate surface area is 203 Å². The van der Waals surface area contributed by atoms with Crippen LogP contribution in [0.5, 0.6) is 23.0 Å². The van der Waals surface area contributed by atoms with Crippen LogP contribution in [0.3, 0.4) is 0 Å². The molecule has 1 saturated heterocycles. The van der Waals surface area contributed by atoms with Crippen LogP contribution < -0.4 is 23.8 Å². The first-order chi connectivity index (χ1) is 16.5. The SMILES string of the molecule is CCOc1ccc(N2CSC3=C(C#N)[C@@H](c4cc(OC)c(OC)cc4OC)CC(=O)N3C2)cc1. The average molecular weight is 482 g/mol. The quantitative estimate of drug-likeness (QED) is 0.578. The summed E-state index contributed by atoms with van der Waals surface area (Å²) >= 11 is 1.49. The molecule has 0 N–H and O–H groups in total. The molecule has 4 rings (SSSR count). The fourth-order valence-corrected chi connectivity index (χ4v) is 5.40. The lowest BCUT2D eigenvalue weighted by atomic mass is 9.85. The Morgan fingerprint density at radius 2 is 1.74 bits per heavy atom. The highest BCUT2D eigenvalue weighted by Crippen LogP contribution is 2.47. The summed E-state index contributed by atoms with van der Waals surface area (Å²) in [6, 6.07) is 13.7. The largest absolute Gasteiger partial charge is 0.496 e. The first kappa shape index (κ1) is 23.6. The number of ether oxygens (including phenoxy) is 4. The predicted molar refractivity (Wildman–Crippen MR) is 130 cm³/mol. The molecule has 1 fully saturated rings. The third-order valence-corrected chi connectivity index (χ3v) is 7.07. The number of carbonyl (C=O) groups excluding carboxylic acids is 1. The normalized spacial score (nSPS) is 17.7. The molecule has 0 radical (unpaired) electrons. The Bertz CT molecular complexity index is 1140. The number of carbonyl (C=O) groups is 1. The van der Waals surface area contributed by atoms with Gasteiger partial charge in [-0.1, -0.05) is 11.8 Å². The van der Waals surface area contributed by atoms with Crippen molar-refractivity contribution in [2.45, 2.75) is 19.3 Å². The Morgan fingerprint density at radius 3 is 2.35 bits per heavy atom. The molecule has 2 aromatic carbocycles. The number of amides is 1. The van der Waals surface area contributed by atoms with Gasteiger partial charge in [-0.25, -0.2) is 0 Å². The summed E-state index contributed by atoms with van der Waals surface area (Å²) in [5.41, 5.74) is 2.28. The van der Waals surface area contributed by atoms with E-state index in [1.165, 1.54) is 11.8 Å². The number of allylic oxidation sites excluding steroid dienone is 1. The number of hydrogen-bond acceptors (Lipinski definition) is 8.